The Hall–Kier alpha value is -2.98. The summed E-state index contributed by atoms with van der Waals surface area (Å²) in [5.74, 6) is -0.760. The zero-order valence-corrected chi connectivity index (χ0v) is 24.3. The number of carbonyl (C=O) groups excluding carboxylic acids is 4. The van der Waals surface area contributed by atoms with Crippen LogP contribution in [0.2, 0.25) is 0 Å². The minimum Gasteiger partial charge on any atom is -0.378 e. The van der Waals surface area contributed by atoms with Crippen LogP contribution in [0.25, 0.3) is 0 Å². The van der Waals surface area contributed by atoms with Crippen molar-refractivity contribution in [1.29, 1.82) is 0 Å². The molecule has 1 aromatic rings. The van der Waals surface area contributed by atoms with Crippen molar-refractivity contribution in [2.24, 2.45) is 5.92 Å². The molecule has 0 aromatic heterocycles. The highest BCUT2D eigenvalue weighted by Crippen LogP contribution is 2.32. The van der Waals surface area contributed by atoms with E-state index in [9.17, 15) is 19.2 Å². The molecule has 40 heavy (non-hydrogen) atoms. The zero-order valence-electron chi connectivity index (χ0n) is 24.3. The normalized spacial score (nSPS) is 22.4. The van der Waals surface area contributed by atoms with E-state index in [1.54, 1.807) is 21.9 Å². The van der Waals surface area contributed by atoms with E-state index >= 15 is 0 Å². The Morgan fingerprint density at radius 1 is 1.05 bits per heavy atom. The second kappa shape index (κ2) is 13.6. The Labute approximate surface area is 237 Å². The largest absolute Gasteiger partial charge is 0.378 e. The van der Waals surface area contributed by atoms with E-state index in [4.69, 9.17) is 9.47 Å². The summed E-state index contributed by atoms with van der Waals surface area (Å²) in [6.07, 6.45) is 2.80. The molecule has 1 aromatic carbocycles. The summed E-state index contributed by atoms with van der Waals surface area (Å²) < 4.78 is 10.9. The van der Waals surface area contributed by atoms with Crippen molar-refractivity contribution in [3.05, 3.63) is 29.8 Å². The van der Waals surface area contributed by atoms with Gasteiger partial charge < -0.3 is 29.5 Å². The number of nitrogens with one attached hydrogen (secondary N) is 1. The number of hydrogen-bond donors (Lipinski definition) is 1. The van der Waals surface area contributed by atoms with Gasteiger partial charge in [-0.2, -0.15) is 0 Å². The first-order chi connectivity index (χ1) is 19.2. The number of ketones is 1. The first-order valence-electron chi connectivity index (χ1n) is 14.6. The Morgan fingerprint density at radius 3 is 2.38 bits per heavy atom. The van der Waals surface area contributed by atoms with Crippen molar-refractivity contribution in [2.75, 3.05) is 51.4 Å². The van der Waals surface area contributed by atoms with Gasteiger partial charge in [0.25, 0.3) is 11.8 Å². The fourth-order valence-electron chi connectivity index (χ4n) is 6.05. The molecule has 0 bridgehead atoms. The zero-order chi connectivity index (χ0) is 28.8. The van der Waals surface area contributed by atoms with E-state index in [-0.39, 0.29) is 42.0 Å². The van der Waals surface area contributed by atoms with Gasteiger partial charge in [-0.25, -0.2) is 0 Å². The van der Waals surface area contributed by atoms with E-state index < -0.39 is 18.2 Å². The number of rotatable bonds is 11. The summed E-state index contributed by atoms with van der Waals surface area (Å²) in [4.78, 5) is 58.8. The Bertz CT molecular complexity index is 1050. The topological polar surface area (TPSA) is 108 Å². The third-order valence-electron chi connectivity index (χ3n) is 8.18. The molecule has 3 saturated heterocycles. The molecule has 10 heteroatoms. The van der Waals surface area contributed by atoms with Crippen LogP contribution in [-0.4, -0.2) is 104 Å². The molecule has 4 atom stereocenters. The number of amides is 3. The maximum atomic E-state index is 13.8. The van der Waals surface area contributed by atoms with Crippen molar-refractivity contribution in [2.45, 2.75) is 77.1 Å². The van der Waals surface area contributed by atoms with Gasteiger partial charge >= 0.3 is 0 Å². The lowest BCUT2D eigenvalue weighted by Crippen LogP contribution is -2.53. The first kappa shape index (κ1) is 30.0. The molecular weight excluding hydrogens is 512 g/mol. The molecule has 10 nitrogen and oxygen atoms in total. The molecule has 3 aliphatic heterocycles. The summed E-state index contributed by atoms with van der Waals surface area (Å²) >= 11 is 0. The third-order valence-corrected chi connectivity index (χ3v) is 8.18. The predicted octanol–water partition coefficient (Wildman–Crippen LogP) is 2.25. The molecule has 0 aliphatic carbocycles. The minimum absolute atomic E-state index is 0.0133. The average Bonchev–Trinajstić information content (AvgIpc) is 3.54. The highest BCUT2D eigenvalue weighted by Gasteiger charge is 2.53. The third kappa shape index (κ3) is 6.66. The number of fused-ring (bicyclic) bond motifs is 1. The molecule has 3 amide bonds. The number of likely N-dealkylation sites (tertiary alicyclic amines) is 2. The van der Waals surface area contributed by atoms with Crippen LogP contribution in [0.5, 0.6) is 0 Å². The van der Waals surface area contributed by atoms with Crippen molar-refractivity contribution >= 4 is 29.2 Å². The smallest absolute Gasteiger partial charge is 0.252 e. The molecule has 3 fully saturated rings. The summed E-state index contributed by atoms with van der Waals surface area (Å²) in [7, 11) is 1.52. The van der Waals surface area contributed by atoms with Crippen LogP contribution in [0.15, 0.2) is 24.3 Å². The molecule has 220 valence electrons. The van der Waals surface area contributed by atoms with Gasteiger partial charge in [-0.05, 0) is 49.4 Å². The number of nitrogens with zero attached hydrogens (tertiary/aromatic N) is 3. The fraction of sp³-hybridized carbons (Fsp3) is 0.667. The second-order valence-corrected chi connectivity index (χ2v) is 11.4. The maximum Gasteiger partial charge on any atom is 0.252 e. The lowest BCUT2D eigenvalue weighted by atomic mass is 10.0. The van der Waals surface area contributed by atoms with Gasteiger partial charge in [0.05, 0.1) is 25.8 Å². The Balaban J connectivity index is 1.44. The number of anilines is 1. The van der Waals surface area contributed by atoms with Gasteiger partial charge in [0.15, 0.2) is 5.78 Å². The molecule has 0 radical (unpaired) electrons. The molecular formula is C30H44N4O6. The van der Waals surface area contributed by atoms with Crippen LogP contribution in [0.3, 0.4) is 0 Å². The van der Waals surface area contributed by atoms with Gasteiger partial charge in [-0.1, -0.05) is 33.6 Å². The summed E-state index contributed by atoms with van der Waals surface area (Å²) in [6, 6.07) is 5.59. The number of ether oxygens (including phenoxy) is 2. The fourth-order valence-corrected chi connectivity index (χ4v) is 6.05. The highest BCUT2D eigenvalue weighted by atomic mass is 16.5. The summed E-state index contributed by atoms with van der Waals surface area (Å²) in [5.41, 5.74) is 1.51. The minimum atomic E-state index is -0.765. The van der Waals surface area contributed by atoms with Crippen LogP contribution < -0.4 is 10.2 Å². The summed E-state index contributed by atoms with van der Waals surface area (Å²) in [5, 5.41) is 2.94. The van der Waals surface area contributed by atoms with Crippen molar-refractivity contribution in [3.8, 4) is 0 Å². The van der Waals surface area contributed by atoms with E-state index in [0.29, 0.717) is 44.6 Å². The van der Waals surface area contributed by atoms with Gasteiger partial charge in [0, 0.05) is 38.0 Å². The molecule has 1 N–H and O–H groups in total. The van der Waals surface area contributed by atoms with Gasteiger partial charge in [-0.3, -0.25) is 19.2 Å². The molecule has 3 heterocycles. The van der Waals surface area contributed by atoms with Crippen molar-refractivity contribution in [3.63, 3.8) is 0 Å². The number of methoxy groups -OCH3 is 1. The Kier molecular flexibility index (Phi) is 10.2. The Morgan fingerprint density at radius 2 is 1.75 bits per heavy atom. The highest BCUT2D eigenvalue weighted by molar-refractivity contribution is 6.01. The van der Waals surface area contributed by atoms with E-state index in [1.807, 2.05) is 26.0 Å². The molecule has 0 saturated carbocycles. The number of hydrogen-bond acceptors (Lipinski definition) is 7. The van der Waals surface area contributed by atoms with Gasteiger partial charge in [0.2, 0.25) is 5.91 Å². The number of Topliss-reactive ketones (excluding diaryl/α,β-unsaturated/α-hetero) is 1. The number of carbonyl (C=O) groups is 4. The lowest BCUT2D eigenvalue weighted by Gasteiger charge is -2.30. The van der Waals surface area contributed by atoms with E-state index in [1.165, 1.54) is 7.11 Å². The standard InChI is InChI=1S/C30H44N4O6/c1-5-6-7-26(39-4)30(38)34-19-25(35)27-24(34)12-13-33(27)29(37)23(18-20(2)3)31-28(36)21-8-10-22(11-9-21)32-14-16-40-17-15-32/h8-11,20,23-24,26-27H,5-7,12-19H2,1-4H3,(H,31,36). The molecule has 3 aliphatic rings. The van der Waals surface area contributed by atoms with E-state index in [0.717, 1.165) is 31.6 Å². The number of unbranched alkanes of at least 4 members (excludes halogenated alkanes) is 1. The van der Waals surface area contributed by atoms with Crippen LogP contribution >= 0.6 is 0 Å². The summed E-state index contributed by atoms with van der Waals surface area (Å²) in [6.45, 7) is 9.38. The monoisotopic (exact) mass is 556 g/mol. The number of morpholine rings is 1. The van der Waals surface area contributed by atoms with Crippen LogP contribution in [0.1, 0.15) is 63.2 Å². The maximum absolute atomic E-state index is 13.8. The second-order valence-electron chi connectivity index (χ2n) is 11.4. The van der Waals surface area contributed by atoms with Crippen molar-refractivity contribution < 1.29 is 28.7 Å². The van der Waals surface area contributed by atoms with Crippen LogP contribution in [-0.2, 0) is 23.9 Å². The van der Waals surface area contributed by atoms with E-state index in [2.05, 4.69) is 17.1 Å². The SMILES string of the molecule is CCCCC(OC)C(=O)N1CC(=O)C2C1CCN2C(=O)C(CC(C)C)NC(=O)c1ccc(N2CCOCC2)cc1. The molecule has 0 spiro atoms. The van der Waals surface area contributed by atoms with Gasteiger partial charge in [-0.15, -0.1) is 0 Å². The quantitative estimate of drug-likeness (QED) is 0.445. The van der Waals surface area contributed by atoms with Crippen LogP contribution in [0.4, 0.5) is 5.69 Å². The lowest BCUT2D eigenvalue weighted by molar-refractivity contribution is -0.144. The van der Waals surface area contributed by atoms with Crippen LogP contribution in [0, 0.1) is 5.92 Å². The predicted molar refractivity (Wildman–Crippen MR) is 151 cm³/mol. The molecule has 4 unspecified atom stereocenters. The first-order valence-corrected chi connectivity index (χ1v) is 14.6. The van der Waals surface area contributed by atoms with Gasteiger partial charge in [0.1, 0.15) is 18.2 Å². The average molecular weight is 557 g/mol. The number of benzene rings is 1. The van der Waals surface area contributed by atoms with Crippen molar-refractivity contribution in [1.82, 2.24) is 15.1 Å². The molecule has 4 rings (SSSR count).